The Balaban J connectivity index is 1.57. The van der Waals surface area contributed by atoms with Gasteiger partial charge in [-0.05, 0) is 79.9 Å². The van der Waals surface area contributed by atoms with Gasteiger partial charge in [0.15, 0.2) is 0 Å². The predicted octanol–water partition coefficient (Wildman–Crippen LogP) is 6.15. The zero-order chi connectivity index (χ0) is 22.3. The molecule has 166 valence electrons. The average molecular weight is 485 g/mol. The van der Waals surface area contributed by atoms with Crippen molar-refractivity contribution in [3.05, 3.63) is 115 Å². The summed E-state index contributed by atoms with van der Waals surface area (Å²) < 4.78 is 0. The molecule has 0 spiro atoms. The van der Waals surface area contributed by atoms with E-state index in [-0.39, 0.29) is 23.8 Å². The van der Waals surface area contributed by atoms with Crippen LogP contribution in [0.15, 0.2) is 115 Å². The van der Waals surface area contributed by atoms with E-state index in [1.165, 1.54) is 48.1 Å². The zero-order valence-electron chi connectivity index (χ0n) is 19.1. The molecule has 3 heteroatoms. The Hall–Kier alpha value is -1.83. The maximum atomic E-state index is 2.45. The maximum absolute atomic E-state index is 2.45. The van der Waals surface area contributed by atoms with Crippen molar-refractivity contribution in [1.29, 1.82) is 0 Å². The minimum absolute atomic E-state index is 0.0824. The largest absolute Gasteiger partial charge is 0.0753 e. The second kappa shape index (κ2) is 11.5. The third-order valence-corrected chi connectivity index (χ3v) is 14.6. The molecule has 1 heterocycles. The number of hydrogen-bond donors (Lipinski definition) is 0. The third-order valence-electron chi connectivity index (χ3n) is 6.34. The molecular weight excluding hydrogens is 453 g/mol. The first-order valence-corrected chi connectivity index (χ1v) is 16.7. The van der Waals surface area contributed by atoms with Gasteiger partial charge < -0.3 is 0 Å². The van der Waals surface area contributed by atoms with Gasteiger partial charge in [-0.3, -0.25) is 0 Å². The lowest BCUT2D eigenvalue weighted by atomic mass is 10.4. The summed E-state index contributed by atoms with van der Waals surface area (Å²) in [6.45, 7) is 0. The van der Waals surface area contributed by atoms with Crippen LogP contribution < -0.4 is 26.5 Å². The molecule has 4 aromatic rings. The summed E-state index contributed by atoms with van der Waals surface area (Å²) in [5.41, 5.74) is 0. The molecule has 2 atom stereocenters. The van der Waals surface area contributed by atoms with Crippen molar-refractivity contribution in [3.63, 3.8) is 0 Å². The molecular formula is C30H31P3. The van der Waals surface area contributed by atoms with E-state index >= 15 is 0 Å². The Bertz CT molecular complexity index is 1060. The fourth-order valence-corrected chi connectivity index (χ4v) is 13.2. The molecule has 2 unspecified atom stereocenters. The Kier molecular flexibility index (Phi) is 8.02. The Morgan fingerprint density at radius 3 is 1.15 bits per heavy atom. The van der Waals surface area contributed by atoms with Crippen LogP contribution in [0.1, 0.15) is 12.8 Å². The minimum Gasteiger partial charge on any atom is -0.0753 e. The van der Waals surface area contributed by atoms with Gasteiger partial charge in [0, 0.05) is 0 Å². The molecule has 0 amide bonds. The number of benzene rings is 4. The van der Waals surface area contributed by atoms with Gasteiger partial charge in [0.2, 0.25) is 0 Å². The summed E-state index contributed by atoms with van der Waals surface area (Å²) >= 11 is 0. The second-order valence-electron chi connectivity index (χ2n) is 8.49. The van der Waals surface area contributed by atoms with Gasteiger partial charge in [0.1, 0.15) is 0 Å². The van der Waals surface area contributed by atoms with Crippen molar-refractivity contribution in [2.75, 3.05) is 24.6 Å². The van der Waals surface area contributed by atoms with Crippen molar-refractivity contribution in [3.8, 4) is 0 Å². The quantitative estimate of drug-likeness (QED) is 0.306. The third kappa shape index (κ3) is 5.64. The van der Waals surface area contributed by atoms with E-state index in [9.17, 15) is 0 Å². The first kappa shape index (κ1) is 22.9. The van der Waals surface area contributed by atoms with Gasteiger partial charge in [-0.1, -0.05) is 123 Å². The average Bonchev–Trinajstić information content (AvgIpc) is 2.93. The normalized spacial score (nSPS) is 21.5. The monoisotopic (exact) mass is 484 g/mol. The highest BCUT2D eigenvalue weighted by atomic mass is 31.1. The molecule has 0 bridgehead atoms. The van der Waals surface area contributed by atoms with Crippen LogP contribution >= 0.6 is 23.8 Å². The highest BCUT2D eigenvalue weighted by Gasteiger charge is 2.24. The SMILES string of the molecule is c1ccc(P2CCCP(c3ccccc3)c3ccccc3P(c3ccccc3)CCC2)cc1. The summed E-state index contributed by atoms with van der Waals surface area (Å²) in [4.78, 5) is 0. The summed E-state index contributed by atoms with van der Waals surface area (Å²) in [6, 6.07) is 43.5. The van der Waals surface area contributed by atoms with Crippen LogP contribution in [0, 0.1) is 0 Å². The van der Waals surface area contributed by atoms with Crippen molar-refractivity contribution < 1.29 is 0 Å². The lowest BCUT2D eigenvalue weighted by molar-refractivity contribution is 1.07. The molecule has 33 heavy (non-hydrogen) atoms. The fraction of sp³-hybridized carbons (Fsp3) is 0.200. The predicted molar refractivity (Wildman–Crippen MR) is 153 cm³/mol. The van der Waals surface area contributed by atoms with Crippen LogP contribution in [0.2, 0.25) is 0 Å². The second-order valence-corrected chi connectivity index (χ2v) is 15.6. The van der Waals surface area contributed by atoms with E-state index < -0.39 is 0 Å². The van der Waals surface area contributed by atoms with E-state index in [0.29, 0.717) is 0 Å². The molecule has 5 rings (SSSR count). The van der Waals surface area contributed by atoms with Crippen LogP contribution in [0.5, 0.6) is 0 Å². The molecule has 0 aromatic heterocycles. The van der Waals surface area contributed by atoms with Crippen molar-refractivity contribution in [1.82, 2.24) is 0 Å². The number of hydrogen-bond acceptors (Lipinski definition) is 0. The van der Waals surface area contributed by atoms with Gasteiger partial charge >= 0.3 is 0 Å². The molecule has 0 saturated carbocycles. The summed E-state index contributed by atoms with van der Waals surface area (Å²) in [6.07, 6.45) is 7.93. The van der Waals surface area contributed by atoms with Crippen LogP contribution in [0.3, 0.4) is 0 Å². The molecule has 1 aliphatic rings. The van der Waals surface area contributed by atoms with Gasteiger partial charge in [-0.2, -0.15) is 0 Å². The van der Waals surface area contributed by atoms with Crippen molar-refractivity contribution in [2.24, 2.45) is 0 Å². The summed E-state index contributed by atoms with van der Waals surface area (Å²) in [7, 11) is -0.773. The summed E-state index contributed by atoms with van der Waals surface area (Å²) in [5.74, 6) is 0. The highest BCUT2D eigenvalue weighted by Crippen LogP contribution is 2.45. The Morgan fingerprint density at radius 2 is 0.727 bits per heavy atom. The van der Waals surface area contributed by atoms with E-state index in [1.807, 2.05) is 0 Å². The molecule has 0 fully saturated rings. The van der Waals surface area contributed by atoms with E-state index in [0.717, 1.165) is 0 Å². The van der Waals surface area contributed by atoms with Crippen molar-refractivity contribution >= 4 is 50.3 Å². The smallest absolute Gasteiger partial charge is 0.0115 e. The molecule has 0 saturated heterocycles. The Labute approximate surface area is 202 Å². The minimum atomic E-state index is -0.345. The number of rotatable bonds is 3. The molecule has 4 aromatic carbocycles. The maximum Gasteiger partial charge on any atom is -0.0115 e. The van der Waals surface area contributed by atoms with Gasteiger partial charge in [-0.15, -0.1) is 0 Å². The molecule has 1 aliphatic heterocycles. The first-order valence-electron chi connectivity index (χ1n) is 11.9. The summed E-state index contributed by atoms with van der Waals surface area (Å²) in [5, 5.41) is 7.91. The van der Waals surface area contributed by atoms with Gasteiger partial charge in [-0.25, -0.2) is 0 Å². The van der Waals surface area contributed by atoms with Gasteiger partial charge in [0.05, 0.1) is 0 Å². The molecule has 0 N–H and O–H groups in total. The lowest BCUT2D eigenvalue weighted by Gasteiger charge is -2.26. The first-order chi connectivity index (χ1) is 16.4. The zero-order valence-corrected chi connectivity index (χ0v) is 21.7. The fourth-order valence-electron chi connectivity index (χ4n) is 4.76. The van der Waals surface area contributed by atoms with Gasteiger partial charge in [0.25, 0.3) is 0 Å². The molecule has 0 aliphatic carbocycles. The Morgan fingerprint density at radius 1 is 0.364 bits per heavy atom. The molecule has 0 nitrogen and oxygen atoms in total. The van der Waals surface area contributed by atoms with E-state index in [4.69, 9.17) is 0 Å². The number of fused-ring (bicyclic) bond motifs is 1. The van der Waals surface area contributed by atoms with Crippen LogP contribution in [0.25, 0.3) is 0 Å². The van der Waals surface area contributed by atoms with Crippen LogP contribution in [0.4, 0.5) is 0 Å². The van der Waals surface area contributed by atoms with Crippen LogP contribution in [-0.2, 0) is 0 Å². The highest BCUT2D eigenvalue weighted by molar-refractivity contribution is 7.79. The standard InChI is InChI=1S/C30H31P3/c1-4-14-26(15-5-1)31-22-12-24-32(27-16-6-2-7-17-27)29-20-10-11-21-30(29)33(25-13-23-31)28-18-8-3-9-19-28/h1-11,14-21H,12-13,22-25H2. The van der Waals surface area contributed by atoms with E-state index in [1.54, 1.807) is 15.9 Å². The topological polar surface area (TPSA) is 0 Å². The van der Waals surface area contributed by atoms with Crippen LogP contribution in [-0.4, -0.2) is 24.6 Å². The lowest BCUT2D eigenvalue weighted by Crippen LogP contribution is -2.30. The van der Waals surface area contributed by atoms with Crippen molar-refractivity contribution in [2.45, 2.75) is 12.8 Å². The van der Waals surface area contributed by atoms with E-state index in [2.05, 4.69) is 115 Å². The molecule has 0 radical (unpaired) electrons.